The molecule has 1 atom stereocenters. The highest BCUT2D eigenvalue weighted by atomic mass is 16.1. The van der Waals surface area contributed by atoms with Crippen LogP contribution < -0.4 is 0 Å². The van der Waals surface area contributed by atoms with Gasteiger partial charge < -0.3 is 4.90 Å². The number of Topliss-reactive ketones (excluding diaryl/α,β-unsaturated/α-hetero) is 1. The topological polar surface area (TPSA) is 32.7 Å². The predicted molar refractivity (Wildman–Crippen MR) is 89.4 cm³/mol. The number of ketones is 1. The van der Waals surface area contributed by atoms with Gasteiger partial charge in [-0.25, -0.2) is 0 Å². The molecule has 2 aromatic rings. The fourth-order valence-electron chi connectivity index (χ4n) is 2.76. The molecule has 1 aliphatic rings. The Morgan fingerprint density at radius 3 is 2.68 bits per heavy atom. The van der Waals surface area contributed by atoms with Crippen molar-refractivity contribution in [2.75, 3.05) is 6.54 Å². The summed E-state index contributed by atoms with van der Waals surface area (Å²) >= 11 is 0. The van der Waals surface area contributed by atoms with Crippen LogP contribution in [0.4, 0.5) is 0 Å². The third-order valence-electron chi connectivity index (χ3n) is 4.22. The van der Waals surface area contributed by atoms with Crippen molar-refractivity contribution in [2.24, 2.45) is 4.99 Å². The molecule has 0 aliphatic carbocycles. The molecule has 0 saturated heterocycles. The van der Waals surface area contributed by atoms with Gasteiger partial charge in [0.1, 0.15) is 6.04 Å². The highest BCUT2D eigenvalue weighted by Crippen LogP contribution is 2.18. The fourth-order valence-corrected chi connectivity index (χ4v) is 2.76. The monoisotopic (exact) mass is 292 g/mol. The van der Waals surface area contributed by atoms with Crippen LogP contribution in [0.5, 0.6) is 0 Å². The van der Waals surface area contributed by atoms with E-state index in [1.807, 2.05) is 50.2 Å². The average molecular weight is 292 g/mol. The summed E-state index contributed by atoms with van der Waals surface area (Å²) in [7, 11) is 0. The van der Waals surface area contributed by atoms with E-state index >= 15 is 0 Å². The van der Waals surface area contributed by atoms with Crippen LogP contribution in [0, 0.1) is 13.8 Å². The molecule has 0 N–H and O–H groups in total. The molecule has 1 unspecified atom stereocenters. The molecule has 3 heteroatoms. The van der Waals surface area contributed by atoms with E-state index in [9.17, 15) is 4.79 Å². The molecule has 0 radical (unpaired) electrons. The maximum atomic E-state index is 12.7. The van der Waals surface area contributed by atoms with E-state index in [-0.39, 0.29) is 11.8 Å². The maximum Gasteiger partial charge on any atom is 0.189 e. The summed E-state index contributed by atoms with van der Waals surface area (Å²) < 4.78 is 0. The average Bonchev–Trinajstić information content (AvgIpc) is 2.99. The number of rotatable bonds is 4. The third-order valence-corrected chi connectivity index (χ3v) is 4.22. The van der Waals surface area contributed by atoms with E-state index in [1.165, 1.54) is 5.56 Å². The van der Waals surface area contributed by atoms with Crippen LogP contribution in [0.25, 0.3) is 0 Å². The molecule has 0 saturated carbocycles. The van der Waals surface area contributed by atoms with Gasteiger partial charge in [0.05, 0.1) is 6.34 Å². The summed E-state index contributed by atoms with van der Waals surface area (Å²) in [6.07, 6.45) is 1.81. The lowest BCUT2D eigenvalue weighted by Crippen LogP contribution is -2.28. The molecule has 22 heavy (non-hydrogen) atoms. The SMILES string of the molecule is Cc1cccc(C(=O)C2CN(Cc3ccccc3)C=N2)c1C. The number of aliphatic imine (C=N–C) groups is 1. The van der Waals surface area contributed by atoms with Crippen LogP contribution in [-0.4, -0.2) is 29.6 Å². The van der Waals surface area contributed by atoms with Gasteiger partial charge in [0, 0.05) is 18.7 Å². The molecular weight excluding hydrogens is 272 g/mol. The second kappa shape index (κ2) is 6.14. The van der Waals surface area contributed by atoms with Crippen molar-refractivity contribution < 1.29 is 4.79 Å². The van der Waals surface area contributed by atoms with Gasteiger partial charge in [0.15, 0.2) is 5.78 Å². The van der Waals surface area contributed by atoms with Gasteiger partial charge in [-0.1, -0.05) is 48.5 Å². The van der Waals surface area contributed by atoms with Gasteiger partial charge in [-0.05, 0) is 30.5 Å². The van der Waals surface area contributed by atoms with Crippen LogP contribution in [0.2, 0.25) is 0 Å². The Balaban J connectivity index is 1.69. The maximum absolute atomic E-state index is 12.7. The lowest BCUT2D eigenvalue weighted by Gasteiger charge is -2.16. The van der Waals surface area contributed by atoms with Crippen molar-refractivity contribution in [1.29, 1.82) is 0 Å². The number of aryl methyl sites for hydroxylation is 1. The van der Waals surface area contributed by atoms with Crippen LogP contribution in [-0.2, 0) is 6.54 Å². The molecule has 1 heterocycles. The zero-order chi connectivity index (χ0) is 15.5. The van der Waals surface area contributed by atoms with Crippen molar-refractivity contribution in [1.82, 2.24) is 4.90 Å². The number of carbonyl (C=O) groups excluding carboxylic acids is 1. The summed E-state index contributed by atoms with van der Waals surface area (Å²) in [5, 5.41) is 0. The lowest BCUT2D eigenvalue weighted by molar-refractivity contribution is 0.0958. The summed E-state index contributed by atoms with van der Waals surface area (Å²) in [5.41, 5.74) is 4.23. The number of hydrogen-bond acceptors (Lipinski definition) is 3. The van der Waals surface area contributed by atoms with Gasteiger partial charge >= 0.3 is 0 Å². The fraction of sp³-hybridized carbons (Fsp3) is 0.263. The molecule has 0 aromatic heterocycles. The van der Waals surface area contributed by atoms with Crippen molar-refractivity contribution in [2.45, 2.75) is 26.4 Å². The van der Waals surface area contributed by atoms with Crippen molar-refractivity contribution >= 4 is 12.1 Å². The minimum absolute atomic E-state index is 0.119. The number of nitrogens with zero attached hydrogens (tertiary/aromatic N) is 2. The number of carbonyl (C=O) groups is 1. The summed E-state index contributed by atoms with van der Waals surface area (Å²) in [5.74, 6) is 0.119. The standard InChI is InChI=1S/C19H20N2O/c1-14-7-6-10-17(15(14)2)19(22)18-12-21(13-20-18)11-16-8-4-3-5-9-16/h3-10,13,18H,11-12H2,1-2H3. The summed E-state index contributed by atoms with van der Waals surface area (Å²) in [4.78, 5) is 19.2. The van der Waals surface area contributed by atoms with Crippen LogP contribution in [0.1, 0.15) is 27.0 Å². The van der Waals surface area contributed by atoms with Crippen LogP contribution >= 0.6 is 0 Å². The Kier molecular flexibility index (Phi) is 4.05. The second-order valence-electron chi connectivity index (χ2n) is 5.81. The normalized spacial score (nSPS) is 17.0. The Labute approximate surface area is 131 Å². The van der Waals surface area contributed by atoms with E-state index in [0.717, 1.165) is 23.2 Å². The Hall–Kier alpha value is -2.42. The molecular formula is C19H20N2O. The minimum Gasteiger partial charge on any atom is -0.356 e. The predicted octanol–water partition coefficient (Wildman–Crippen LogP) is 3.40. The largest absolute Gasteiger partial charge is 0.356 e. The number of hydrogen-bond donors (Lipinski definition) is 0. The summed E-state index contributed by atoms with van der Waals surface area (Å²) in [6.45, 7) is 5.48. The first-order valence-electron chi connectivity index (χ1n) is 7.57. The molecule has 3 nitrogen and oxygen atoms in total. The second-order valence-corrected chi connectivity index (χ2v) is 5.81. The highest BCUT2D eigenvalue weighted by Gasteiger charge is 2.26. The molecule has 0 bridgehead atoms. The number of benzene rings is 2. The smallest absolute Gasteiger partial charge is 0.189 e. The zero-order valence-electron chi connectivity index (χ0n) is 13.0. The van der Waals surface area contributed by atoms with Gasteiger partial charge in [0.2, 0.25) is 0 Å². The van der Waals surface area contributed by atoms with Gasteiger partial charge in [-0.2, -0.15) is 0 Å². The van der Waals surface area contributed by atoms with E-state index < -0.39 is 0 Å². The first kappa shape index (κ1) is 14.5. The van der Waals surface area contributed by atoms with Crippen molar-refractivity contribution in [3.8, 4) is 0 Å². The van der Waals surface area contributed by atoms with E-state index in [4.69, 9.17) is 0 Å². The van der Waals surface area contributed by atoms with Crippen molar-refractivity contribution in [3.05, 3.63) is 70.8 Å². The quantitative estimate of drug-likeness (QED) is 0.809. The van der Waals surface area contributed by atoms with Gasteiger partial charge in [0.25, 0.3) is 0 Å². The molecule has 0 spiro atoms. The molecule has 0 fully saturated rings. The van der Waals surface area contributed by atoms with Gasteiger partial charge in [-0.15, -0.1) is 0 Å². The zero-order valence-corrected chi connectivity index (χ0v) is 13.0. The van der Waals surface area contributed by atoms with Crippen LogP contribution in [0.3, 0.4) is 0 Å². The molecule has 2 aromatic carbocycles. The molecule has 1 aliphatic heterocycles. The van der Waals surface area contributed by atoms with E-state index in [1.54, 1.807) is 6.34 Å². The third kappa shape index (κ3) is 2.93. The Morgan fingerprint density at radius 1 is 1.14 bits per heavy atom. The molecule has 3 rings (SSSR count). The molecule has 0 amide bonds. The Morgan fingerprint density at radius 2 is 1.91 bits per heavy atom. The first-order chi connectivity index (χ1) is 10.6. The van der Waals surface area contributed by atoms with Crippen LogP contribution in [0.15, 0.2) is 53.5 Å². The van der Waals surface area contributed by atoms with Gasteiger partial charge in [-0.3, -0.25) is 9.79 Å². The van der Waals surface area contributed by atoms with E-state index in [2.05, 4.69) is 22.0 Å². The van der Waals surface area contributed by atoms with Crippen molar-refractivity contribution in [3.63, 3.8) is 0 Å². The lowest BCUT2D eigenvalue weighted by atomic mass is 9.96. The Bertz CT molecular complexity index is 707. The first-order valence-corrected chi connectivity index (χ1v) is 7.57. The summed E-state index contributed by atoms with van der Waals surface area (Å²) in [6, 6.07) is 15.8. The van der Waals surface area contributed by atoms with E-state index in [0.29, 0.717) is 6.54 Å². The highest BCUT2D eigenvalue weighted by molar-refractivity contribution is 6.03. The molecule has 112 valence electrons. The minimum atomic E-state index is -0.288.